The van der Waals surface area contributed by atoms with Crippen LogP contribution in [-0.2, 0) is 13.6 Å². The third-order valence-electron chi connectivity index (χ3n) is 3.36. The number of halogens is 2. The summed E-state index contributed by atoms with van der Waals surface area (Å²) in [4.78, 5) is 4.70. The van der Waals surface area contributed by atoms with E-state index in [1.165, 1.54) is 0 Å². The molecule has 0 unspecified atom stereocenters. The van der Waals surface area contributed by atoms with Gasteiger partial charge in [0.05, 0.1) is 16.1 Å². The molecule has 20 heavy (non-hydrogen) atoms. The summed E-state index contributed by atoms with van der Waals surface area (Å²) in [5, 5.41) is 0.678. The summed E-state index contributed by atoms with van der Waals surface area (Å²) >= 11 is 9.56. The highest BCUT2D eigenvalue weighted by Gasteiger charge is 2.11. The van der Waals surface area contributed by atoms with Crippen LogP contribution in [0.1, 0.15) is 5.56 Å². The number of nitrogens with two attached hydrogens (primary N) is 1. The third kappa shape index (κ3) is 2.24. The summed E-state index contributed by atoms with van der Waals surface area (Å²) in [5.74, 6) is 0.892. The van der Waals surface area contributed by atoms with Crippen LogP contribution < -0.4 is 5.73 Å². The average Bonchev–Trinajstić information content (AvgIpc) is 2.78. The lowest BCUT2D eigenvalue weighted by Gasteiger charge is -2.04. The van der Waals surface area contributed by atoms with E-state index in [2.05, 4.69) is 26.6 Å². The van der Waals surface area contributed by atoms with Crippen LogP contribution in [0.25, 0.3) is 22.4 Å². The van der Waals surface area contributed by atoms with Gasteiger partial charge >= 0.3 is 0 Å². The van der Waals surface area contributed by atoms with Gasteiger partial charge in [0, 0.05) is 23.6 Å². The summed E-state index contributed by atoms with van der Waals surface area (Å²) < 4.78 is 2.95. The van der Waals surface area contributed by atoms with Crippen molar-refractivity contribution in [3.8, 4) is 11.4 Å². The quantitative estimate of drug-likeness (QED) is 0.755. The minimum atomic E-state index is 0.520. The SMILES string of the molecule is Cn1c(-c2ccc(Br)c(Cl)c2)nc2cc(CN)ccc21. The van der Waals surface area contributed by atoms with E-state index in [0.29, 0.717) is 11.6 Å². The van der Waals surface area contributed by atoms with Crippen molar-refractivity contribution in [1.29, 1.82) is 0 Å². The van der Waals surface area contributed by atoms with Crippen LogP contribution in [0.15, 0.2) is 40.9 Å². The van der Waals surface area contributed by atoms with Gasteiger partial charge in [0.2, 0.25) is 0 Å². The zero-order valence-corrected chi connectivity index (χ0v) is 13.2. The number of fused-ring (bicyclic) bond motifs is 1. The Morgan fingerprint density at radius 1 is 1.25 bits per heavy atom. The maximum atomic E-state index is 6.16. The molecule has 102 valence electrons. The van der Waals surface area contributed by atoms with Gasteiger partial charge in [0.1, 0.15) is 5.82 Å². The molecule has 0 aliphatic rings. The van der Waals surface area contributed by atoms with Crippen molar-refractivity contribution in [2.45, 2.75) is 6.54 Å². The molecule has 0 fully saturated rings. The number of hydrogen-bond acceptors (Lipinski definition) is 2. The first-order valence-electron chi connectivity index (χ1n) is 6.21. The van der Waals surface area contributed by atoms with Crippen molar-refractivity contribution < 1.29 is 0 Å². The van der Waals surface area contributed by atoms with E-state index >= 15 is 0 Å². The topological polar surface area (TPSA) is 43.8 Å². The third-order valence-corrected chi connectivity index (χ3v) is 4.59. The molecule has 0 aliphatic carbocycles. The lowest BCUT2D eigenvalue weighted by Crippen LogP contribution is -1.95. The van der Waals surface area contributed by atoms with Gasteiger partial charge < -0.3 is 10.3 Å². The molecule has 1 aromatic heterocycles. The number of aryl methyl sites for hydroxylation is 1. The summed E-state index contributed by atoms with van der Waals surface area (Å²) in [5.41, 5.74) is 9.78. The standard InChI is InChI=1S/C15H13BrClN3/c1-20-14-5-2-9(8-18)6-13(14)19-15(20)10-3-4-11(16)12(17)7-10/h2-7H,8,18H2,1H3. The molecule has 0 saturated carbocycles. The molecule has 3 nitrogen and oxygen atoms in total. The normalized spacial score (nSPS) is 11.2. The van der Waals surface area contributed by atoms with Gasteiger partial charge in [-0.15, -0.1) is 0 Å². The highest BCUT2D eigenvalue weighted by molar-refractivity contribution is 9.10. The van der Waals surface area contributed by atoms with E-state index in [0.717, 1.165) is 32.5 Å². The predicted molar refractivity (Wildman–Crippen MR) is 86.8 cm³/mol. The average molecular weight is 351 g/mol. The maximum absolute atomic E-state index is 6.16. The molecule has 0 spiro atoms. The van der Waals surface area contributed by atoms with Gasteiger partial charge in [-0.3, -0.25) is 0 Å². The minimum absolute atomic E-state index is 0.520. The Balaban J connectivity index is 2.20. The summed E-state index contributed by atoms with van der Waals surface area (Å²) in [7, 11) is 2.00. The Bertz CT molecular complexity index is 795. The summed E-state index contributed by atoms with van der Waals surface area (Å²) in [6, 6.07) is 12.0. The van der Waals surface area contributed by atoms with Gasteiger partial charge in [0.15, 0.2) is 0 Å². The highest BCUT2D eigenvalue weighted by atomic mass is 79.9. The minimum Gasteiger partial charge on any atom is -0.327 e. The molecule has 0 atom stereocenters. The van der Waals surface area contributed by atoms with E-state index in [9.17, 15) is 0 Å². The number of benzene rings is 2. The molecular weight excluding hydrogens is 338 g/mol. The number of nitrogens with zero attached hydrogens (tertiary/aromatic N) is 2. The molecule has 0 bridgehead atoms. The van der Waals surface area contributed by atoms with Crippen LogP contribution in [0.5, 0.6) is 0 Å². The molecule has 0 aliphatic heterocycles. The van der Waals surface area contributed by atoms with Crippen molar-refractivity contribution in [2.24, 2.45) is 12.8 Å². The second kappa shape index (κ2) is 5.20. The van der Waals surface area contributed by atoms with Gasteiger partial charge in [-0.05, 0) is 45.8 Å². The van der Waals surface area contributed by atoms with Crippen molar-refractivity contribution in [3.05, 3.63) is 51.5 Å². The number of aromatic nitrogens is 2. The smallest absolute Gasteiger partial charge is 0.140 e. The molecule has 2 aromatic carbocycles. The first kappa shape index (κ1) is 13.6. The fourth-order valence-electron chi connectivity index (χ4n) is 2.27. The second-order valence-electron chi connectivity index (χ2n) is 4.65. The van der Waals surface area contributed by atoms with Crippen molar-refractivity contribution in [2.75, 3.05) is 0 Å². The molecular formula is C15H13BrClN3. The first-order chi connectivity index (χ1) is 9.60. The lowest BCUT2D eigenvalue weighted by atomic mass is 10.2. The van der Waals surface area contributed by atoms with Crippen molar-refractivity contribution >= 4 is 38.6 Å². The van der Waals surface area contributed by atoms with Crippen LogP contribution in [-0.4, -0.2) is 9.55 Å². The Kier molecular flexibility index (Phi) is 3.54. The van der Waals surface area contributed by atoms with Crippen LogP contribution in [0, 0.1) is 0 Å². The Labute approximate surface area is 130 Å². The fourth-order valence-corrected chi connectivity index (χ4v) is 2.69. The van der Waals surface area contributed by atoms with E-state index in [-0.39, 0.29) is 0 Å². The molecule has 2 N–H and O–H groups in total. The molecule has 3 aromatic rings. The van der Waals surface area contributed by atoms with E-state index < -0.39 is 0 Å². The lowest BCUT2D eigenvalue weighted by molar-refractivity contribution is 0.959. The molecule has 1 heterocycles. The molecule has 0 amide bonds. The van der Waals surface area contributed by atoms with E-state index in [1.807, 2.05) is 37.4 Å². The van der Waals surface area contributed by atoms with Crippen LogP contribution in [0.3, 0.4) is 0 Å². The van der Waals surface area contributed by atoms with Crippen molar-refractivity contribution in [1.82, 2.24) is 9.55 Å². The van der Waals surface area contributed by atoms with Crippen LogP contribution >= 0.6 is 27.5 Å². The zero-order chi connectivity index (χ0) is 14.3. The van der Waals surface area contributed by atoms with Gasteiger partial charge in [0.25, 0.3) is 0 Å². The first-order valence-corrected chi connectivity index (χ1v) is 7.38. The van der Waals surface area contributed by atoms with Gasteiger partial charge in [-0.2, -0.15) is 0 Å². The monoisotopic (exact) mass is 349 g/mol. The number of rotatable bonds is 2. The van der Waals surface area contributed by atoms with E-state index in [4.69, 9.17) is 22.3 Å². The molecule has 0 saturated heterocycles. The largest absolute Gasteiger partial charge is 0.327 e. The Hall–Kier alpha value is -1.36. The highest BCUT2D eigenvalue weighted by Crippen LogP contribution is 2.30. The zero-order valence-electron chi connectivity index (χ0n) is 10.9. The van der Waals surface area contributed by atoms with Gasteiger partial charge in [-0.1, -0.05) is 23.7 Å². The van der Waals surface area contributed by atoms with Crippen LogP contribution in [0.4, 0.5) is 0 Å². The molecule has 5 heteroatoms. The van der Waals surface area contributed by atoms with E-state index in [1.54, 1.807) is 0 Å². The summed E-state index contributed by atoms with van der Waals surface area (Å²) in [6.07, 6.45) is 0. The summed E-state index contributed by atoms with van der Waals surface area (Å²) in [6.45, 7) is 0.520. The molecule has 3 rings (SSSR count). The maximum Gasteiger partial charge on any atom is 0.140 e. The fraction of sp³-hybridized carbons (Fsp3) is 0.133. The Morgan fingerprint density at radius 2 is 2.05 bits per heavy atom. The Morgan fingerprint density at radius 3 is 2.75 bits per heavy atom. The number of hydrogen-bond donors (Lipinski definition) is 1. The second-order valence-corrected chi connectivity index (χ2v) is 5.91. The predicted octanol–water partition coefficient (Wildman–Crippen LogP) is 4.11. The van der Waals surface area contributed by atoms with Crippen LogP contribution in [0.2, 0.25) is 5.02 Å². The van der Waals surface area contributed by atoms with Gasteiger partial charge in [-0.25, -0.2) is 4.98 Å². The van der Waals surface area contributed by atoms with Crippen molar-refractivity contribution in [3.63, 3.8) is 0 Å². The number of imidazole rings is 1. The molecule has 0 radical (unpaired) electrons.